The molecular weight excluding hydrogens is 343 g/mol. The summed E-state index contributed by atoms with van der Waals surface area (Å²) in [5.74, 6) is 0.0227. The van der Waals surface area contributed by atoms with Crippen molar-refractivity contribution in [2.24, 2.45) is 0 Å². The lowest BCUT2D eigenvalue weighted by molar-refractivity contribution is 0.103. The number of hydrogen-bond acceptors (Lipinski definition) is 2. The summed E-state index contributed by atoms with van der Waals surface area (Å²) < 4.78 is 0.955. The number of thiophene rings is 1. The first-order chi connectivity index (χ1) is 7.18. The first kappa shape index (κ1) is 11.1. The lowest BCUT2D eigenvalue weighted by atomic mass is 10.1. The predicted octanol–water partition coefficient (Wildman–Crippen LogP) is 4.24. The van der Waals surface area contributed by atoms with E-state index in [1.165, 1.54) is 11.3 Å². The second-order valence-corrected chi connectivity index (χ2v) is 5.32. The van der Waals surface area contributed by atoms with Crippen LogP contribution in [0.5, 0.6) is 0 Å². The lowest BCUT2D eigenvalue weighted by Gasteiger charge is -2.00. The molecule has 76 valence electrons. The van der Waals surface area contributed by atoms with Gasteiger partial charge in [-0.05, 0) is 52.2 Å². The van der Waals surface area contributed by atoms with E-state index in [2.05, 4.69) is 22.6 Å². The van der Waals surface area contributed by atoms with Crippen molar-refractivity contribution in [1.29, 1.82) is 0 Å². The molecule has 2 aromatic rings. The van der Waals surface area contributed by atoms with Crippen LogP contribution < -0.4 is 0 Å². The fourth-order valence-electron chi connectivity index (χ4n) is 1.20. The van der Waals surface area contributed by atoms with E-state index in [4.69, 9.17) is 11.6 Å². The van der Waals surface area contributed by atoms with Gasteiger partial charge in [0.25, 0.3) is 0 Å². The van der Waals surface area contributed by atoms with Crippen molar-refractivity contribution in [3.63, 3.8) is 0 Å². The number of carbonyl (C=O) groups excluding carboxylic acids is 1. The maximum absolute atomic E-state index is 11.9. The normalized spacial score (nSPS) is 10.3. The number of hydrogen-bond donors (Lipinski definition) is 0. The van der Waals surface area contributed by atoms with E-state index in [-0.39, 0.29) is 5.78 Å². The van der Waals surface area contributed by atoms with Crippen LogP contribution in [0.4, 0.5) is 0 Å². The molecule has 15 heavy (non-hydrogen) atoms. The van der Waals surface area contributed by atoms with Gasteiger partial charge in [-0.3, -0.25) is 4.79 Å². The van der Waals surface area contributed by atoms with Crippen molar-refractivity contribution in [3.05, 3.63) is 54.7 Å². The van der Waals surface area contributed by atoms with Gasteiger partial charge < -0.3 is 0 Å². The van der Waals surface area contributed by atoms with Gasteiger partial charge in [0.1, 0.15) is 0 Å². The van der Waals surface area contributed by atoms with E-state index in [1.54, 1.807) is 12.1 Å². The van der Waals surface area contributed by atoms with Crippen molar-refractivity contribution < 1.29 is 4.79 Å². The molecule has 0 saturated heterocycles. The molecule has 0 aliphatic heterocycles. The third-order valence-corrected chi connectivity index (χ3v) is 4.22. The SMILES string of the molecule is O=C(c1ccsc1)c1ccc(I)c(Cl)c1. The number of carbonyl (C=O) groups is 1. The van der Waals surface area contributed by atoms with Crippen LogP contribution in [0.25, 0.3) is 0 Å². The van der Waals surface area contributed by atoms with E-state index in [0.717, 1.165) is 9.13 Å². The standard InChI is InChI=1S/C11H6ClIOS/c12-9-5-7(1-2-10(9)13)11(14)8-3-4-15-6-8/h1-6H. The van der Waals surface area contributed by atoms with Gasteiger partial charge in [0, 0.05) is 20.1 Å². The molecule has 1 aromatic carbocycles. The molecule has 0 aliphatic rings. The van der Waals surface area contributed by atoms with Gasteiger partial charge in [-0.15, -0.1) is 0 Å². The second kappa shape index (κ2) is 4.63. The number of halogens is 2. The maximum Gasteiger partial charge on any atom is 0.193 e. The van der Waals surface area contributed by atoms with E-state index < -0.39 is 0 Å². The summed E-state index contributed by atoms with van der Waals surface area (Å²) in [5.41, 5.74) is 1.36. The van der Waals surface area contributed by atoms with Gasteiger partial charge >= 0.3 is 0 Å². The maximum atomic E-state index is 11.9. The Morgan fingerprint density at radius 3 is 2.67 bits per heavy atom. The smallest absolute Gasteiger partial charge is 0.193 e. The Bertz CT molecular complexity index is 493. The van der Waals surface area contributed by atoms with E-state index in [9.17, 15) is 4.79 Å². The van der Waals surface area contributed by atoms with Gasteiger partial charge in [0.2, 0.25) is 0 Å². The van der Waals surface area contributed by atoms with Crippen LogP contribution in [0.2, 0.25) is 5.02 Å². The molecule has 0 fully saturated rings. The van der Waals surface area contributed by atoms with Crippen LogP contribution in [0, 0.1) is 3.57 Å². The first-order valence-electron chi connectivity index (χ1n) is 4.20. The molecule has 0 saturated carbocycles. The zero-order valence-electron chi connectivity index (χ0n) is 7.54. The highest BCUT2D eigenvalue weighted by molar-refractivity contribution is 14.1. The zero-order valence-corrected chi connectivity index (χ0v) is 11.3. The Balaban J connectivity index is 2.39. The molecule has 4 heteroatoms. The molecule has 0 aliphatic carbocycles. The quantitative estimate of drug-likeness (QED) is 0.586. The van der Waals surface area contributed by atoms with Crippen LogP contribution in [0.1, 0.15) is 15.9 Å². The van der Waals surface area contributed by atoms with Gasteiger partial charge in [-0.2, -0.15) is 11.3 Å². The minimum Gasteiger partial charge on any atom is -0.289 e. The van der Waals surface area contributed by atoms with Gasteiger partial charge in [-0.25, -0.2) is 0 Å². The Hall–Kier alpha value is -0.390. The highest BCUT2D eigenvalue weighted by Crippen LogP contribution is 2.21. The number of rotatable bonds is 2. The molecule has 0 spiro atoms. The van der Waals surface area contributed by atoms with Crippen LogP contribution in [-0.2, 0) is 0 Å². The molecule has 0 unspecified atom stereocenters. The Morgan fingerprint density at radius 2 is 2.07 bits per heavy atom. The molecule has 0 radical (unpaired) electrons. The Labute approximate surface area is 110 Å². The fourth-order valence-corrected chi connectivity index (χ4v) is 2.35. The van der Waals surface area contributed by atoms with Gasteiger partial charge in [0.15, 0.2) is 5.78 Å². The van der Waals surface area contributed by atoms with Crippen molar-refractivity contribution in [2.45, 2.75) is 0 Å². The van der Waals surface area contributed by atoms with Crippen molar-refractivity contribution in [2.75, 3.05) is 0 Å². The van der Waals surface area contributed by atoms with E-state index >= 15 is 0 Å². The largest absolute Gasteiger partial charge is 0.289 e. The number of ketones is 1. The van der Waals surface area contributed by atoms with Crippen LogP contribution >= 0.6 is 45.5 Å². The topological polar surface area (TPSA) is 17.1 Å². The molecule has 1 heterocycles. The first-order valence-corrected chi connectivity index (χ1v) is 6.60. The van der Waals surface area contributed by atoms with Gasteiger partial charge in [0.05, 0.1) is 5.02 Å². The summed E-state index contributed by atoms with van der Waals surface area (Å²) in [5, 5.41) is 4.35. The summed E-state index contributed by atoms with van der Waals surface area (Å²) in [7, 11) is 0. The average molecular weight is 349 g/mol. The van der Waals surface area contributed by atoms with E-state index in [1.807, 2.05) is 22.9 Å². The van der Waals surface area contributed by atoms with Crippen molar-refractivity contribution in [1.82, 2.24) is 0 Å². The summed E-state index contributed by atoms with van der Waals surface area (Å²) in [6.45, 7) is 0. The molecule has 0 atom stereocenters. The summed E-state index contributed by atoms with van der Waals surface area (Å²) in [6, 6.07) is 7.18. The zero-order chi connectivity index (χ0) is 10.8. The lowest BCUT2D eigenvalue weighted by Crippen LogP contribution is -1.99. The van der Waals surface area contributed by atoms with Crippen molar-refractivity contribution in [3.8, 4) is 0 Å². The monoisotopic (exact) mass is 348 g/mol. The predicted molar refractivity (Wildman–Crippen MR) is 71.9 cm³/mol. The van der Waals surface area contributed by atoms with Crippen LogP contribution in [-0.4, -0.2) is 5.78 Å². The third-order valence-electron chi connectivity index (χ3n) is 1.97. The summed E-state index contributed by atoms with van der Waals surface area (Å²) >= 11 is 9.61. The molecule has 0 amide bonds. The highest BCUT2D eigenvalue weighted by Gasteiger charge is 2.10. The van der Waals surface area contributed by atoms with Crippen LogP contribution in [0.15, 0.2) is 35.0 Å². The molecule has 0 N–H and O–H groups in total. The minimum absolute atomic E-state index is 0.0227. The minimum atomic E-state index is 0.0227. The summed E-state index contributed by atoms with van der Waals surface area (Å²) in [6.07, 6.45) is 0. The molecular formula is C11H6ClIOS. The van der Waals surface area contributed by atoms with Crippen molar-refractivity contribution >= 4 is 51.3 Å². The molecule has 0 bridgehead atoms. The fraction of sp³-hybridized carbons (Fsp3) is 0. The second-order valence-electron chi connectivity index (χ2n) is 2.97. The molecule has 2 rings (SSSR count). The molecule has 1 nitrogen and oxygen atoms in total. The van der Waals surface area contributed by atoms with Gasteiger partial charge in [-0.1, -0.05) is 11.6 Å². The Morgan fingerprint density at radius 1 is 1.27 bits per heavy atom. The Kier molecular flexibility index (Phi) is 3.43. The summed E-state index contributed by atoms with van der Waals surface area (Å²) in [4.78, 5) is 11.9. The molecule has 1 aromatic heterocycles. The highest BCUT2D eigenvalue weighted by atomic mass is 127. The third kappa shape index (κ3) is 2.41. The average Bonchev–Trinajstić information content (AvgIpc) is 2.74. The number of benzene rings is 1. The van der Waals surface area contributed by atoms with E-state index in [0.29, 0.717) is 10.6 Å². The van der Waals surface area contributed by atoms with Crippen LogP contribution in [0.3, 0.4) is 0 Å².